The van der Waals surface area contributed by atoms with Gasteiger partial charge in [0.1, 0.15) is 0 Å². The van der Waals surface area contributed by atoms with E-state index in [0.29, 0.717) is 0 Å². The topological polar surface area (TPSA) is 196 Å². The van der Waals surface area contributed by atoms with E-state index in [-0.39, 0.29) is 32.3 Å². The third-order valence-electron chi connectivity index (χ3n) is 6.16. The highest BCUT2D eigenvalue weighted by Gasteiger charge is 2.24. The molecule has 0 saturated heterocycles. The smallest absolute Gasteiger partial charge is 0.346 e. The molecule has 2 aromatic heterocycles. The summed E-state index contributed by atoms with van der Waals surface area (Å²) in [5.74, 6) is -5.97. The molecule has 0 fully saturated rings. The monoisotopic (exact) mass is 500 g/mol. The maximum Gasteiger partial charge on any atom is 0.346 e. The van der Waals surface area contributed by atoms with Crippen LogP contribution < -0.4 is 11.3 Å². The summed E-state index contributed by atoms with van der Waals surface area (Å²) in [5, 5.41) is 37.4. The number of rotatable bonds is 4. The van der Waals surface area contributed by atoms with Crippen LogP contribution in [0.5, 0.6) is 0 Å². The van der Waals surface area contributed by atoms with Crippen molar-refractivity contribution in [1.82, 2.24) is 0 Å². The Labute approximate surface area is 203 Å². The zero-order valence-corrected chi connectivity index (χ0v) is 18.3. The third-order valence-corrected chi connectivity index (χ3v) is 6.16. The number of hydrogen-bond acceptors (Lipinski definition) is 7. The van der Waals surface area contributed by atoms with Crippen molar-refractivity contribution in [2.24, 2.45) is 0 Å². The van der Waals surface area contributed by atoms with Crippen molar-refractivity contribution in [3.63, 3.8) is 0 Å². The fourth-order valence-corrected chi connectivity index (χ4v) is 4.69. The van der Waals surface area contributed by atoms with Crippen LogP contribution in [0, 0.1) is 0 Å². The van der Waals surface area contributed by atoms with E-state index in [1.54, 1.807) is 0 Å². The van der Waals surface area contributed by atoms with Gasteiger partial charge in [0.2, 0.25) is 0 Å². The predicted molar refractivity (Wildman–Crippen MR) is 129 cm³/mol. The molecule has 0 saturated carbocycles. The van der Waals surface area contributed by atoms with E-state index < -0.39 is 68.2 Å². The van der Waals surface area contributed by atoms with Gasteiger partial charge in [-0.25, -0.2) is 28.8 Å². The number of carbonyl (C=O) groups is 4. The zero-order chi connectivity index (χ0) is 26.8. The Morgan fingerprint density at radius 3 is 0.946 bits per heavy atom. The van der Waals surface area contributed by atoms with Crippen LogP contribution in [-0.2, 0) is 0 Å². The molecule has 0 radical (unpaired) electrons. The highest BCUT2D eigenvalue weighted by Crippen LogP contribution is 2.37. The Hall–Kier alpha value is -5.58. The molecule has 0 atom stereocenters. The average molecular weight is 500 g/mol. The van der Waals surface area contributed by atoms with Crippen molar-refractivity contribution in [1.29, 1.82) is 0 Å². The van der Waals surface area contributed by atoms with E-state index >= 15 is 0 Å². The molecular weight excluding hydrogens is 488 g/mol. The molecule has 6 aromatic rings. The van der Waals surface area contributed by atoms with Gasteiger partial charge >= 0.3 is 35.1 Å². The van der Waals surface area contributed by atoms with Crippen LogP contribution in [-0.4, -0.2) is 44.3 Å². The lowest BCUT2D eigenvalue weighted by Crippen LogP contribution is -2.10. The van der Waals surface area contributed by atoms with Gasteiger partial charge < -0.3 is 24.8 Å². The van der Waals surface area contributed by atoms with Crippen LogP contribution in [0.1, 0.15) is 41.4 Å². The van der Waals surface area contributed by atoms with Gasteiger partial charge in [0.05, 0.1) is 33.0 Å². The second kappa shape index (κ2) is 7.99. The lowest BCUT2D eigenvalue weighted by molar-refractivity contribution is 0.0684. The van der Waals surface area contributed by atoms with E-state index in [1.807, 2.05) is 0 Å². The van der Waals surface area contributed by atoms with Gasteiger partial charge in [-0.05, 0) is 47.2 Å². The first-order valence-electron chi connectivity index (χ1n) is 10.4. The van der Waals surface area contributed by atoms with Gasteiger partial charge in [0.15, 0.2) is 0 Å². The number of fused-ring (bicyclic) bond motifs is 4. The van der Waals surface area contributed by atoms with Crippen molar-refractivity contribution < 1.29 is 44.0 Å². The summed E-state index contributed by atoms with van der Waals surface area (Å²) in [6.07, 6.45) is 0. The van der Waals surface area contributed by atoms with Gasteiger partial charge in [-0.2, -0.15) is 0 Å². The highest BCUT2D eigenvalue weighted by molar-refractivity contribution is 6.30. The van der Waals surface area contributed by atoms with Crippen molar-refractivity contribution in [3.05, 3.63) is 91.6 Å². The molecule has 0 aliphatic heterocycles. The fraction of sp³-hybridized carbons (Fsp3) is 0. The van der Waals surface area contributed by atoms with Crippen LogP contribution in [0.4, 0.5) is 0 Å². The van der Waals surface area contributed by atoms with E-state index in [1.165, 1.54) is 12.1 Å². The van der Waals surface area contributed by atoms with E-state index in [4.69, 9.17) is 4.42 Å². The standard InChI is InChI=1S/C26H12O11/c27-21(28)11-3-5-13(23(31)32)19-15-7-1-9(17(11)19)10-2-8-16(26(36)37-25(15)35)20-14(24(33)34)6-4-12(18(10)20)22(29)30/h1-8H,(H,27,28)(H,29,30)(H,31,32)(H,33,34). The predicted octanol–water partition coefficient (Wildman–Crippen LogP) is 3.41. The molecule has 0 unspecified atom stereocenters. The molecule has 0 aliphatic rings. The SMILES string of the molecule is O=C(O)c1ccc(C(=O)O)c2c3ccc(c(=O)oc(=O)c4ccc3c3c(C(=O)O)ccc(C(=O)O)c43)c12. The fourth-order valence-electron chi connectivity index (χ4n) is 4.69. The first kappa shape index (κ1) is 23.2. The normalized spacial score (nSPS) is 11.2. The number of benzene rings is 4. The van der Waals surface area contributed by atoms with Crippen molar-refractivity contribution in [2.45, 2.75) is 0 Å². The lowest BCUT2D eigenvalue weighted by atomic mass is 9.89. The number of aromatic carboxylic acids is 4. The third kappa shape index (κ3) is 3.29. The first-order chi connectivity index (χ1) is 17.5. The number of carboxylic acid groups (broad SMARTS) is 4. The summed E-state index contributed by atoms with van der Waals surface area (Å²) in [5.41, 5.74) is -4.39. The van der Waals surface area contributed by atoms with E-state index in [9.17, 15) is 49.2 Å². The lowest BCUT2D eigenvalue weighted by Gasteiger charge is -2.12. The molecule has 2 heterocycles. The summed E-state index contributed by atoms with van der Waals surface area (Å²) in [6, 6.07) is 8.82. The van der Waals surface area contributed by atoms with Crippen molar-refractivity contribution in [2.75, 3.05) is 0 Å². The Bertz CT molecular complexity index is 1890. The van der Waals surface area contributed by atoms with E-state index in [2.05, 4.69) is 0 Å². The van der Waals surface area contributed by atoms with Crippen LogP contribution >= 0.6 is 0 Å². The minimum Gasteiger partial charge on any atom is -0.478 e. The molecule has 6 rings (SSSR count). The highest BCUT2D eigenvalue weighted by atomic mass is 16.4. The second-order valence-corrected chi connectivity index (χ2v) is 8.04. The van der Waals surface area contributed by atoms with Gasteiger partial charge in [-0.3, -0.25) is 0 Å². The number of hydrogen-bond donors (Lipinski definition) is 4. The van der Waals surface area contributed by atoms with Gasteiger partial charge in [-0.1, -0.05) is 12.1 Å². The molecule has 0 amide bonds. The van der Waals surface area contributed by atoms with Crippen LogP contribution in [0.15, 0.2) is 62.5 Å². The molecule has 4 N–H and O–H groups in total. The molecule has 4 aromatic carbocycles. The molecular formula is C26H12O11. The number of carboxylic acids is 4. The van der Waals surface area contributed by atoms with Gasteiger partial charge in [0.25, 0.3) is 0 Å². The van der Waals surface area contributed by atoms with Crippen LogP contribution in [0.3, 0.4) is 0 Å². The molecule has 0 spiro atoms. The van der Waals surface area contributed by atoms with Crippen molar-refractivity contribution in [3.8, 4) is 0 Å². The molecule has 11 heteroatoms. The van der Waals surface area contributed by atoms with E-state index in [0.717, 1.165) is 36.4 Å². The minimum atomic E-state index is -1.51. The first-order valence-corrected chi connectivity index (χ1v) is 10.4. The Balaban J connectivity index is 2.37. The average Bonchev–Trinajstić information content (AvgIpc) is 2.89. The van der Waals surface area contributed by atoms with Crippen molar-refractivity contribution >= 4 is 67.0 Å². The van der Waals surface area contributed by atoms with Gasteiger partial charge in [-0.15, -0.1) is 0 Å². The molecule has 0 aliphatic carbocycles. The summed E-state index contributed by atoms with van der Waals surface area (Å²) in [7, 11) is 0. The maximum atomic E-state index is 13.1. The molecule has 4 bridgehead atoms. The molecule has 37 heavy (non-hydrogen) atoms. The Morgan fingerprint density at radius 1 is 0.432 bits per heavy atom. The minimum absolute atomic E-state index is 0.00277. The van der Waals surface area contributed by atoms with Gasteiger partial charge in [0, 0.05) is 21.5 Å². The summed E-state index contributed by atoms with van der Waals surface area (Å²) < 4.78 is 4.97. The second-order valence-electron chi connectivity index (χ2n) is 8.04. The molecule has 11 nitrogen and oxygen atoms in total. The van der Waals surface area contributed by atoms with Crippen LogP contribution in [0.25, 0.3) is 43.1 Å². The summed E-state index contributed by atoms with van der Waals surface area (Å²) in [4.78, 5) is 74.6. The quantitative estimate of drug-likeness (QED) is 0.282. The largest absolute Gasteiger partial charge is 0.478 e. The zero-order valence-electron chi connectivity index (χ0n) is 18.3. The Kier molecular flexibility index (Phi) is 5.00. The van der Waals surface area contributed by atoms with Crippen LogP contribution in [0.2, 0.25) is 0 Å². The summed E-state index contributed by atoms with van der Waals surface area (Å²) >= 11 is 0. The molecule has 182 valence electrons. The summed E-state index contributed by atoms with van der Waals surface area (Å²) in [6.45, 7) is 0. The Morgan fingerprint density at radius 2 is 0.676 bits per heavy atom. The maximum absolute atomic E-state index is 13.1.